The molecule has 1 aromatic rings. The van der Waals surface area contributed by atoms with E-state index in [0.29, 0.717) is 6.04 Å². The Morgan fingerprint density at radius 3 is 2.87 bits per heavy atom. The molecule has 3 heteroatoms. The van der Waals surface area contributed by atoms with Gasteiger partial charge < -0.3 is 10.6 Å². The molecule has 124 valence electrons. The molecule has 2 saturated carbocycles. The van der Waals surface area contributed by atoms with Crippen LogP contribution in [0.2, 0.25) is 0 Å². The average Bonchev–Trinajstić information content (AvgIpc) is 3.28. The maximum Gasteiger partial charge on any atom is 0.179 e. The summed E-state index contributed by atoms with van der Waals surface area (Å²) in [5.41, 5.74) is 3.33. The van der Waals surface area contributed by atoms with E-state index < -0.39 is 0 Å². The lowest BCUT2D eigenvalue weighted by molar-refractivity contribution is 0.0934. The zero-order valence-electron chi connectivity index (χ0n) is 14.3. The van der Waals surface area contributed by atoms with Gasteiger partial charge in [0.2, 0.25) is 0 Å². The van der Waals surface area contributed by atoms with Crippen molar-refractivity contribution in [3.8, 4) is 0 Å². The zero-order valence-corrected chi connectivity index (χ0v) is 14.3. The van der Waals surface area contributed by atoms with Crippen LogP contribution >= 0.6 is 0 Å². The molecule has 2 aliphatic carbocycles. The van der Waals surface area contributed by atoms with Gasteiger partial charge in [-0.1, -0.05) is 6.42 Å². The quantitative estimate of drug-likeness (QED) is 0.816. The summed E-state index contributed by atoms with van der Waals surface area (Å²) in [6, 6.07) is 6.46. The Kier molecular flexibility index (Phi) is 3.92. The van der Waals surface area contributed by atoms with Gasteiger partial charge in [0.25, 0.3) is 0 Å². The van der Waals surface area contributed by atoms with Crippen LogP contribution in [0.3, 0.4) is 0 Å². The standard InChI is InChI=1S/C20H28N2O/c1-12(18-10-14-3-4-15(18)9-14)22-13(2)20(23)17-5-6-19-16(11-17)7-8-21-19/h5-6,11-15,18,21-22H,3-4,7-10H2,1-2H3. The first kappa shape index (κ1) is 15.2. The molecule has 0 aromatic heterocycles. The van der Waals surface area contributed by atoms with Gasteiger partial charge in [-0.05, 0) is 81.0 Å². The largest absolute Gasteiger partial charge is 0.384 e. The molecule has 0 amide bonds. The first-order valence-corrected chi connectivity index (χ1v) is 9.29. The molecule has 2 fully saturated rings. The normalized spacial score (nSPS) is 30.8. The Morgan fingerprint density at radius 1 is 1.26 bits per heavy atom. The van der Waals surface area contributed by atoms with E-state index in [4.69, 9.17) is 0 Å². The number of benzene rings is 1. The average molecular weight is 312 g/mol. The van der Waals surface area contributed by atoms with E-state index in [2.05, 4.69) is 29.7 Å². The summed E-state index contributed by atoms with van der Waals surface area (Å²) in [6.07, 6.45) is 6.66. The minimum Gasteiger partial charge on any atom is -0.384 e. The number of nitrogens with one attached hydrogen (secondary N) is 2. The van der Waals surface area contributed by atoms with E-state index in [1.807, 2.05) is 13.0 Å². The molecule has 1 aliphatic heterocycles. The van der Waals surface area contributed by atoms with E-state index in [1.54, 1.807) is 0 Å². The third-order valence-corrected chi connectivity index (χ3v) is 6.44. The van der Waals surface area contributed by atoms with Crippen LogP contribution in [0.15, 0.2) is 18.2 Å². The number of hydrogen-bond acceptors (Lipinski definition) is 3. The van der Waals surface area contributed by atoms with Gasteiger partial charge in [-0.25, -0.2) is 0 Å². The van der Waals surface area contributed by atoms with Crippen LogP contribution in [-0.2, 0) is 6.42 Å². The maximum absolute atomic E-state index is 12.8. The number of ketones is 1. The van der Waals surface area contributed by atoms with E-state index in [1.165, 1.54) is 36.9 Å². The SMILES string of the molecule is CC(NC(C)C1CC2CCC1C2)C(=O)c1ccc2c(c1)CCN2. The van der Waals surface area contributed by atoms with Crippen molar-refractivity contribution in [1.29, 1.82) is 0 Å². The molecule has 5 unspecified atom stereocenters. The molecule has 4 rings (SSSR count). The van der Waals surface area contributed by atoms with Gasteiger partial charge in [0.1, 0.15) is 0 Å². The van der Waals surface area contributed by atoms with Gasteiger partial charge >= 0.3 is 0 Å². The van der Waals surface area contributed by atoms with Gasteiger partial charge in [-0.15, -0.1) is 0 Å². The van der Waals surface area contributed by atoms with Crippen LogP contribution in [0.4, 0.5) is 5.69 Å². The summed E-state index contributed by atoms with van der Waals surface area (Å²) in [5.74, 6) is 2.86. The van der Waals surface area contributed by atoms with Crippen molar-refractivity contribution in [3.05, 3.63) is 29.3 Å². The topological polar surface area (TPSA) is 41.1 Å². The summed E-state index contributed by atoms with van der Waals surface area (Å²) in [6.45, 7) is 5.29. The molecular weight excluding hydrogens is 284 g/mol. The van der Waals surface area contributed by atoms with Gasteiger partial charge in [0.05, 0.1) is 6.04 Å². The van der Waals surface area contributed by atoms with Gasteiger partial charge in [-0.2, -0.15) is 0 Å². The van der Waals surface area contributed by atoms with E-state index >= 15 is 0 Å². The van der Waals surface area contributed by atoms with Crippen LogP contribution < -0.4 is 10.6 Å². The molecule has 1 heterocycles. The van der Waals surface area contributed by atoms with Crippen molar-refractivity contribution >= 4 is 11.5 Å². The molecule has 0 radical (unpaired) electrons. The third kappa shape index (κ3) is 2.80. The lowest BCUT2D eigenvalue weighted by atomic mass is 9.83. The Balaban J connectivity index is 1.40. The summed E-state index contributed by atoms with van der Waals surface area (Å²) in [5, 5.41) is 6.96. The fourth-order valence-corrected chi connectivity index (χ4v) is 5.21. The molecule has 0 saturated heterocycles. The molecule has 5 atom stereocenters. The number of carbonyl (C=O) groups excluding carboxylic acids is 1. The molecular formula is C20H28N2O. The first-order chi connectivity index (χ1) is 11.1. The van der Waals surface area contributed by atoms with E-state index in [0.717, 1.165) is 36.3 Å². The third-order valence-electron chi connectivity index (χ3n) is 6.44. The Labute approximate surface area is 139 Å². The highest BCUT2D eigenvalue weighted by molar-refractivity contribution is 6.00. The second kappa shape index (κ2) is 5.94. The number of Topliss-reactive ketones (excluding diaryl/α,β-unsaturated/α-hetero) is 1. The zero-order chi connectivity index (χ0) is 16.0. The van der Waals surface area contributed by atoms with E-state index in [9.17, 15) is 4.79 Å². The number of hydrogen-bond donors (Lipinski definition) is 2. The fraction of sp³-hybridized carbons (Fsp3) is 0.650. The Bertz CT molecular complexity index is 612. The molecule has 0 spiro atoms. The minimum absolute atomic E-state index is 0.100. The lowest BCUT2D eigenvalue weighted by Crippen LogP contribution is -2.44. The molecule has 3 aliphatic rings. The highest BCUT2D eigenvalue weighted by atomic mass is 16.1. The number of anilines is 1. The molecule has 23 heavy (non-hydrogen) atoms. The van der Waals surface area contributed by atoms with E-state index in [-0.39, 0.29) is 11.8 Å². The minimum atomic E-state index is -0.100. The maximum atomic E-state index is 12.8. The van der Waals surface area contributed by atoms with Crippen molar-refractivity contribution in [2.75, 3.05) is 11.9 Å². The predicted octanol–water partition coefficient (Wildman–Crippen LogP) is 3.64. The van der Waals surface area contributed by atoms with Crippen molar-refractivity contribution in [2.24, 2.45) is 17.8 Å². The number of carbonyl (C=O) groups is 1. The number of rotatable bonds is 5. The second-order valence-electron chi connectivity index (χ2n) is 7.93. The molecule has 3 nitrogen and oxygen atoms in total. The van der Waals surface area contributed by atoms with Crippen LogP contribution in [0.5, 0.6) is 0 Å². The molecule has 2 N–H and O–H groups in total. The van der Waals surface area contributed by atoms with Gasteiger partial charge in [0, 0.05) is 23.8 Å². The summed E-state index contributed by atoms with van der Waals surface area (Å²) in [4.78, 5) is 12.8. The van der Waals surface area contributed by atoms with Crippen molar-refractivity contribution in [2.45, 2.75) is 58.0 Å². The highest BCUT2D eigenvalue weighted by Crippen LogP contribution is 2.49. The fourth-order valence-electron chi connectivity index (χ4n) is 5.21. The predicted molar refractivity (Wildman–Crippen MR) is 94.0 cm³/mol. The number of fused-ring (bicyclic) bond motifs is 3. The first-order valence-electron chi connectivity index (χ1n) is 9.29. The van der Waals surface area contributed by atoms with Gasteiger partial charge in [-0.3, -0.25) is 4.79 Å². The van der Waals surface area contributed by atoms with Crippen molar-refractivity contribution in [1.82, 2.24) is 5.32 Å². The van der Waals surface area contributed by atoms with Crippen molar-refractivity contribution < 1.29 is 4.79 Å². The monoisotopic (exact) mass is 312 g/mol. The summed E-state index contributed by atoms with van der Waals surface area (Å²) < 4.78 is 0. The van der Waals surface area contributed by atoms with Crippen LogP contribution in [0.1, 0.15) is 55.5 Å². The van der Waals surface area contributed by atoms with Crippen LogP contribution in [0, 0.1) is 17.8 Å². The van der Waals surface area contributed by atoms with Crippen LogP contribution in [0.25, 0.3) is 0 Å². The Hall–Kier alpha value is -1.35. The second-order valence-corrected chi connectivity index (χ2v) is 7.93. The Morgan fingerprint density at radius 2 is 2.13 bits per heavy atom. The van der Waals surface area contributed by atoms with Crippen molar-refractivity contribution in [3.63, 3.8) is 0 Å². The molecule has 2 bridgehead atoms. The summed E-state index contributed by atoms with van der Waals surface area (Å²) in [7, 11) is 0. The smallest absolute Gasteiger partial charge is 0.179 e. The lowest BCUT2D eigenvalue weighted by Gasteiger charge is -2.30. The van der Waals surface area contributed by atoms with Gasteiger partial charge in [0.15, 0.2) is 5.78 Å². The molecule has 1 aromatic carbocycles. The highest BCUT2D eigenvalue weighted by Gasteiger charge is 2.42. The summed E-state index contributed by atoms with van der Waals surface area (Å²) >= 11 is 0. The van der Waals surface area contributed by atoms with Crippen LogP contribution in [-0.4, -0.2) is 24.4 Å².